The Labute approximate surface area is 162 Å². The maximum absolute atomic E-state index is 12.3. The molecule has 1 unspecified atom stereocenters. The molecule has 28 heavy (non-hydrogen) atoms. The lowest BCUT2D eigenvalue weighted by molar-refractivity contribution is -0.129. The lowest BCUT2D eigenvalue weighted by Crippen LogP contribution is -2.36. The van der Waals surface area contributed by atoms with E-state index in [-0.39, 0.29) is 16.7 Å². The number of nitrogens with one attached hydrogen (secondary N) is 1. The maximum Gasteiger partial charge on any atom is 0.338 e. The molecule has 2 aromatic rings. The van der Waals surface area contributed by atoms with Crippen LogP contribution in [-0.2, 0) is 16.0 Å². The maximum atomic E-state index is 12.3. The molecule has 0 fully saturated rings. The Morgan fingerprint density at radius 2 is 1.71 bits per heavy atom. The molecule has 3 rings (SSSR count). The molecule has 0 bridgehead atoms. The number of carbonyl (C=O) groups is 4. The third-order valence-electron chi connectivity index (χ3n) is 4.53. The van der Waals surface area contributed by atoms with E-state index in [2.05, 4.69) is 5.32 Å². The van der Waals surface area contributed by atoms with Crippen LogP contribution >= 0.6 is 0 Å². The summed E-state index contributed by atoms with van der Waals surface area (Å²) in [5.41, 5.74) is 1.60. The van der Waals surface area contributed by atoms with Crippen molar-refractivity contribution in [3.05, 3.63) is 70.8 Å². The first-order chi connectivity index (χ1) is 13.4. The summed E-state index contributed by atoms with van der Waals surface area (Å²) in [5.74, 6) is -2.02. The SMILES string of the molecule is CC(OC(=O)c1ccc2c(c1)C(=O)N(C)C2=O)C(=O)NCCc1ccccc1. The first-order valence-corrected chi connectivity index (χ1v) is 8.87. The molecule has 1 N–H and O–H groups in total. The first kappa shape index (κ1) is 19.3. The fraction of sp³-hybridized carbons (Fsp3) is 0.238. The third kappa shape index (κ3) is 3.93. The van der Waals surface area contributed by atoms with Crippen LogP contribution < -0.4 is 5.32 Å². The van der Waals surface area contributed by atoms with Gasteiger partial charge in [-0.15, -0.1) is 0 Å². The summed E-state index contributed by atoms with van der Waals surface area (Å²) >= 11 is 0. The van der Waals surface area contributed by atoms with E-state index in [4.69, 9.17) is 4.74 Å². The number of imide groups is 1. The molecule has 7 nitrogen and oxygen atoms in total. The zero-order valence-electron chi connectivity index (χ0n) is 15.6. The minimum absolute atomic E-state index is 0.110. The predicted octanol–water partition coefficient (Wildman–Crippen LogP) is 1.82. The van der Waals surface area contributed by atoms with Gasteiger partial charge in [-0.1, -0.05) is 30.3 Å². The smallest absolute Gasteiger partial charge is 0.338 e. The largest absolute Gasteiger partial charge is 0.449 e. The average Bonchev–Trinajstić information content (AvgIpc) is 2.92. The molecule has 7 heteroatoms. The van der Waals surface area contributed by atoms with Gasteiger partial charge >= 0.3 is 5.97 Å². The summed E-state index contributed by atoms with van der Waals surface area (Å²) in [6, 6.07) is 13.8. The number of ether oxygens (including phenoxy) is 1. The Morgan fingerprint density at radius 1 is 1.04 bits per heavy atom. The van der Waals surface area contributed by atoms with Gasteiger partial charge in [-0.2, -0.15) is 0 Å². The molecule has 1 aliphatic heterocycles. The molecule has 0 aliphatic carbocycles. The summed E-state index contributed by atoms with van der Waals surface area (Å²) in [6.07, 6.45) is -0.321. The molecule has 0 radical (unpaired) electrons. The second kappa shape index (κ2) is 8.04. The Balaban J connectivity index is 1.56. The Morgan fingerprint density at radius 3 is 2.43 bits per heavy atom. The fourth-order valence-electron chi connectivity index (χ4n) is 2.89. The Hall–Kier alpha value is -3.48. The van der Waals surface area contributed by atoms with Crippen molar-refractivity contribution in [1.82, 2.24) is 10.2 Å². The quantitative estimate of drug-likeness (QED) is 0.610. The van der Waals surface area contributed by atoms with Gasteiger partial charge in [0.2, 0.25) is 0 Å². The molecule has 0 aromatic heterocycles. The molecule has 0 saturated carbocycles. The Kier molecular flexibility index (Phi) is 5.54. The van der Waals surface area contributed by atoms with E-state index in [0.717, 1.165) is 10.5 Å². The van der Waals surface area contributed by atoms with Crippen molar-refractivity contribution in [3.8, 4) is 0 Å². The molecular weight excluding hydrogens is 360 g/mol. The van der Waals surface area contributed by atoms with Crippen LogP contribution in [0, 0.1) is 0 Å². The van der Waals surface area contributed by atoms with Crippen LogP contribution in [0.2, 0.25) is 0 Å². The highest BCUT2D eigenvalue weighted by Gasteiger charge is 2.33. The topological polar surface area (TPSA) is 92.8 Å². The number of fused-ring (bicyclic) bond motifs is 1. The number of benzene rings is 2. The number of rotatable bonds is 6. The van der Waals surface area contributed by atoms with Crippen LogP contribution in [0.25, 0.3) is 0 Å². The summed E-state index contributed by atoms with van der Waals surface area (Å²) in [7, 11) is 1.38. The first-order valence-electron chi connectivity index (χ1n) is 8.87. The summed E-state index contributed by atoms with van der Waals surface area (Å²) in [5, 5.41) is 2.73. The van der Waals surface area contributed by atoms with E-state index < -0.39 is 29.8 Å². The number of amides is 3. The van der Waals surface area contributed by atoms with Gasteiger partial charge in [0.05, 0.1) is 16.7 Å². The monoisotopic (exact) mass is 380 g/mol. The Bertz CT molecular complexity index is 939. The standard InChI is InChI=1S/C21H20N2O5/c1-13(18(24)22-11-10-14-6-4-3-5-7-14)28-21(27)15-8-9-16-17(12-15)20(26)23(2)19(16)25/h3-9,12-13H,10-11H2,1-2H3,(H,22,24). The van der Waals surface area contributed by atoms with Crippen LogP contribution in [0.4, 0.5) is 0 Å². The molecule has 1 heterocycles. The minimum Gasteiger partial charge on any atom is -0.449 e. The summed E-state index contributed by atoms with van der Waals surface area (Å²) < 4.78 is 5.19. The van der Waals surface area contributed by atoms with E-state index in [1.807, 2.05) is 30.3 Å². The second-order valence-corrected chi connectivity index (χ2v) is 6.50. The number of hydrogen-bond acceptors (Lipinski definition) is 5. The van der Waals surface area contributed by atoms with Crippen molar-refractivity contribution in [2.24, 2.45) is 0 Å². The molecule has 1 atom stereocenters. The lowest BCUT2D eigenvalue weighted by Gasteiger charge is -2.14. The zero-order valence-corrected chi connectivity index (χ0v) is 15.6. The highest BCUT2D eigenvalue weighted by molar-refractivity contribution is 6.21. The van der Waals surface area contributed by atoms with Gasteiger partial charge in [0.1, 0.15) is 0 Å². The molecule has 1 aliphatic rings. The van der Waals surface area contributed by atoms with Crippen LogP contribution in [0.15, 0.2) is 48.5 Å². The van der Waals surface area contributed by atoms with Gasteiger partial charge in [0, 0.05) is 13.6 Å². The van der Waals surface area contributed by atoms with Crippen molar-refractivity contribution < 1.29 is 23.9 Å². The molecule has 3 amide bonds. The molecule has 0 spiro atoms. The number of carbonyl (C=O) groups excluding carboxylic acids is 4. The van der Waals surface area contributed by atoms with Gasteiger partial charge in [0.15, 0.2) is 6.10 Å². The van der Waals surface area contributed by atoms with Gasteiger partial charge in [-0.3, -0.25) is 19.3 Å². The van der Waals surface area contributed by atoms with Gasteiger partial charge < -0.3 is 10.1 Å². The predicted molar refractivity (Wildman–Crippen MR) is 101 cm³/mol. The number of nitrogens with zero attached hydrogens (tertiary/aromatic N) is 1. The van der Waals surface area contributed by atoms with E-state index >= 15 is 0 Å². The fourth-order valence-corrected chi connectivity index (χ4v) is 2.89. The van der Waals surface area contributed by atoms with Gasteiger partial charge in [-0.05, 0) is 37.1 Å². The van der Waals surface area contributed by atoms with Crippen molar-refractivity contribution >= 4 is 23.7 Å². The van der Waals surface area contributed by atoms with Crippen LogP contribution in [0.3, 0.4) is 0 Å². The third-order valence-corrected chi connectivity index (χ3v) is 4.53. The van der Waals surface area contributed by atoms with E-state index in [0.29, 0.717) is 13.0 Å². The number of esters is 1. The average molecular weight is 380 g/mol. The molecular formula is C21H20N2O5. The van der Waals surface area contributed by atoms with E-state index in [1.54, 1.807) is 0 Å². The van der Waals surface area contributed by atoms with Crippen LogP contribution in [0.1, 0.15) is 43.6 Å². The van der Waals surface area contributed by atoms with E-state index in [1.165, 1.54) is 32.2 Å². The highest BCUT2D eigenvalue weighted by Crippen LogP contribution is 2.23. The van der Waals surface area contributed by atoms with E-state index in [9.17, 15) is 19.2 Å². The van der Waals surface area contributed by atoms with Crippen molar-refractivity contribution in [2.75, 3.05) is 13.6 Å². The summed E-state index contributed by atoms with van der Waals surface area (Å²) in [4.78, 5) is 49.4. The van der Waals surface area contributed by atoms with Crippen molar-refractivity contribution in [3.63, 3.8) is 0 Å². The number of hydrogen-bond donors (Lipinski definition) is 1. The molecule has 2 aromatic carbocycles. The summed E-state index contributed by atoms with van der Waals surface area (Å²) in [6.45, 7) is 1.90. The molecule has 0 saturated heterocycles. The lowest BCUT2D eigenvalue weighted by atomic mass is 10.1. The second-order valence-electron chi connectivity index (χ2n) is 6.50. The van der Waals surface area contributed by atoms with Crippen LogP contribution in [0.5, 0.6) is 0 Å². The van der Waals surface area contributed by atoms with Crippen LogP contribution in [-0.4, -0.2) is 48.3 Å². The van der Waals surface area contributed by atoms with Gasteiger partial charge in [0.25, 0.3) is 17.7 Å². The van der Waals surface area contributed by atoms with Crippen molar-refractivity contribution in [2.45, 2.75) is 19.4 Å². The zero-order chi connectivity index (χ0) is 20.3. The van der Waals surface area contributed by atoms with Crippen molar-refractivity contribution in [1.29, 1.82) is 0 Å². The minimum atomic E-state index is -0.989. The highest BCUT2D eigenvalue weighted by atomic mass is 16.5. The normalized spacial score (nSPS) is 13.9. The van der Waals surface area contributed by atoms with Gasteiger partial charge in [-0.25, -0.2) is 4.79 Å². The molecule has 144 valence electrons.